The highest BCUT2D eigenvalue weighted by Gasteiger charge is 2.19. The third-order valence-corrected chi connectivity index (χ3v) is 4.17. The number of aromatic nitrogens is 1. The molecule has 0 aliphatic rings. The maximum atomic E-state index is 12.1. The van der Waals surface area contributed by atoms with Gasteiger partial charge in [0.05, 0.1) is 0 Å². The lowest BCUT2D eigenvalue weighted by Crippen LogP contribution is -2.42. The van der Waals surface area contributed by atoms with Gasteiger partial charge in [0.2, 0.25) is 5.91 Å². The van der Waals surface area contributed by atoms with Gasteiger partial charge < -0.3 is 15.0 Å². The Labute approximate surface area is 137 Å². The molecule has 118 valence electrons. The van der Waals surface area contributed by atoms with Gasteiger partial charge in [-0.05, 0) is 42.0 Å². The molecule has 5 nitrogen and oxygen atoms in total. The first-order valence-electron chi connectivity index (χ1n) is 6.76. The zero-order chi connectivity index (χ0) is 16.1. The van der Waals surface area contributed by atoms with Gasteiger partial charge in [-0.15, -0.1) is 0 Å². The van der Waals surface area contributed by atoms with E-state index in [2.05, 4.69) is 5.32 Å². The number of rotatable bonds is 7. The fourth-order valence-electron chi connectivity index (χ4n) is 2.18. The standard InChI is InChI=1S/C15H17ClN2O3S/c1-22-7-5-12(15(20)21)17-14(19)9-18-6-4-10-2-3-11(16)8-13(10)18/h2-4,6,8,12H,5,7,9H2,1H3,(H,17,19)(H,20,21)/t12-/m0/s1. The summed E-state index contributed by atoms with van der Waals surface area (Å²) in [5, 5.41) is 13.3. The number of carboxylic acid groups (broad SMARTS) is 1. The molecule has 0 bridgehead atoms. The SMILES string of the molecule is CSCC[C@H](NC(=O)Cn1ccc2ccc(Cl)cc21)C(=O)O. The first kappa shape index (κ1) is 16.7. The summed E-state index contributed by atoms with van der Waals surface area (Å²) in [5.74, 6) is -0.659. The highest BCUT2D eigenvalue weighted by atomic mass is 35.5. The van der Waals surface area contributed by atoms with Gasteiger partial charge in [0, 0.05) is 16.7 Å². The normalized spacial score (nSPS) is 12.3. The molecular formula is C15H17ClN2O3S. The van der Waals surface area contributed by atoms with E-state index >= 15 is 0 Å². The van der Waals surface area contributed by atoms with E-state index in [1.165, 1.54) is 0 Å². The number of hydrogen-bond donors (Lipinski definition) is 2. The minimum atomic E-state index is -1.01. The lowest BCUT2D eigenvalue weighted by molar-refractivity contribution is -0.141. The fraction of sp³-hybridized carbons (Fsp3) is 0.333. The van der Waals surface area contributed by atoms with Crippen LogP contribution in [0.2, 0.25) is 5.02 Å². The van der Waals surface area contributed by atoms with Gasteiger partial charge in [-0.1, -0.05) is 17.7 Å². The molecule has 0 aliphatic heterocycles. The zero-order valence-corrected chi connectivity index (χ0v) is 13.7. The highest BCUT2D eigenvalue weighted by Crippen LogP contribution is 2.20. The number of nitrogens with one attached hydrogen (secondary N) is 1. The number of fused-ring (bicyclic) bond motifs is 1. The summed E-state index contributed by atoms with van der Waals surface area (Å²) in [5.41, 5.74) is 0.846. The minimum Gasteiger partial charge on any atom is -0.480 e. The van der Waals surface area contributed by atoms with Crippen LogP contribution in [-0.4, -0.2) is 39.6 Å². The molecule has 22 heavy (non-hydrogen) atoms. The van der Waals surface area contributed by atoms with E-state index in [4.69, 9.17) is 16.7 Å². The highest BCUT2D eigenvalue weighted by molar-refractivity contribution is 7.98. The predicted octanol–water partition coefficient (Wildman–Crippen LogP) is 2.62. The lowest BCUT2D eigenvalue weighted by Gasteiger charge is -2.14. The van der Waals surface area contributed by atoms with Crippen molar-refractivity contribution in [3.8, 4) is 0 Å². The Morgan fingerprint density at radius 1 is 1.41 bits per heavy atom. The van der Waals surface area contributed by atoms with E-state index in [1.54, 1.807) is 34.7 Å². The Morgan fingerprint density at radius 3 is 2.86 bits per heavy atom. The van der Waals surface area contributed by atoms with Crippen LogP contribution in [0.1, 0.15) is 6.42 Å². The van der Waals surface area contributed by atoms with E-state index < -0.39 is 12.0 Å². The van der Waals surface area contributed by atoms with Crippen LogP contribution in [0.15, 0.2) is 30.5 Å². The fourth-order valence-corrected chi connectivity index (χ4v) is 2.82. The number of carbonyl (C=O) groups excluding carboxylic acids is 1. The summed E-state index contributed by atoms with van der Waals surface area (Å²) in [7, 11) is 0. The van der Waals surface area contributed by atoms with Crippen LogP contribution < -0.4 is 5.32 Å². The first-order chi connectivity index (χ1) is 10.5. The van der Waals surface area contributed by atoms with Crippen molar-refractivity contribution in [2.75, 3.05) is 12.0 Å². The predicted molar refractivity (Wildman–Crippen MR) is 89.5 cm³/mol. The number of aliphatic carboxylic acids is 1. The maximum Gasteiger partial charge on any atom is 0.326 e. The molecule has 1 aromatic heterocycles. The second kappa shape index (κ2) is 7.56. The maximum absolute atomic E-state index is 12.1. The molecule has 0 saturated heterocycles. The summed E-state index contributed by atoms with van der Waals surface area (Å²) >= 11 is 7.52. The van der Waals surface area contributed by atoms with Gasteiger partial charge in [0.15, 0.2) is 0 Å². The molecular weight excluding hydrogens is 324 g/mol. The van der Waals surface area contributed by atoms with Gasteiger partial charge >= 0.3 is 5.97 Å². The van der Waals surface area contributed by atoms with Crippen molar-refractivity contribution < 1.29 is 14.7 Å². The molecule has 1 heterocycles. The summed E-state index contributed by atoms with van der Waals surface area (Å²) in [6.07, 6.45) is 4.09. The molecule has 0 fully saturated rings. The van der Waals surface area contributed by atoms with Crippen LogP contribution in [0, 0.1) is 0 Å². The second-order valence-electron chi connectivity index (χ2n) is 4.89. The van der Waals surface area contributed by atoms with Crippen LogP contribution in [-0.2, 0) is 16.1 Å². The largest absolute Gasteiger partial charge is 0.480 e. The van der Waals surface area contributed by atoms with Crippen LogP contribution in [0.5, 0.6) is 0 Å². The lowest BCUT2D eigenvalue weighted by atomic mass is 10.2. The third-order valence-electron chi connectivity index (χ3n) is 3.29. The molecule has 0 saturated carbocycles. The molecule has 7 heteroatoms. The number of benzene rings is 1. The van der Waals surface area contributed by atoms with Gasteiger partial charge in [0.1, 0.15) is 12.6 Å². The molecule has 1 amide bonds. The second-order valence-corrected chi connectivity index (χ2v) is 6.31. The number of hydrogen-bond acceptors (Lipinski definition) is 3. The van der Waals surface area contributed by atoms with Crippen molar-refractivity contribution in [1.29, 1.82) is 0 Å². The van der Waals surface area contributed by atoms with Crippen LogP contribution in [0.4, 0.5) is 0 Å². The average Bonchev–Trinajstić information content (AvgIpc) is 2.85. The Kier molecular flexibility index (Phi) is 5.74. The van der Waals surface area contributed by atoms with Gasteiger partial charge in [-0.3, -0.25) is 4.79 Å². The molecule has 0 spiro atoms. The van der Waals surface area contributed by atoms with Crippen molar-refractivity contribution in [2.45, 2.75) is 19.0 Å². The molecule has 0 radical (unpaired) electrons. The Balaban J connectivity index is 2.06. The zero-order valence-electron chi connectivity index (χ0n) is 12.1. The Bertz CT molecular complexity index is 686. The minimum absolute atomic E-state index is 0.0624. The molecule has 1 aromatic carbocycles. The third kappa shape index (κ3) is 4.18. The summed E-state index contributed by atoms with van der Waals surface area (Å²) < 4.78 is 1.75. The van der Waals surface area contributed by atoms with Crippen molar-refractivity contribution in [1.82, 2.24) is 9.88 Å². The monoisotopic (exact) mass is 340 g/mol. The summed E-state index contributed by atoms with van der Waals surface area (Å²) in [4.78, 5) is 23.2. The van der Waals surface area contributed by atoms with Crippen molar-refractivity contribution >= 4 is 46.1 Å². The van der Waals surface area contributed by atoms with E-state index in [9.17, 15) is 9.59 Å². The summed E-state index contributed by atoms with van der Waals surface area (Å²) in [6.45, 7) is 0.0624. The van der Waals surface area contributed by atoms with Gasteiger partial charge in [-0.2, -0.15) is 11.8 Å². The van der Waals surface area contributed by atoms with Crippen LogP contribution >= 0.6 is 23.4 Å². The quantitative estimate of drug-likeness (QED) is 0.812. The van der Waals surface area contributed by atoms with Crippen molar-refractivity contribution in [3.05, 3.63) is 35.5 Å². The Morgan fingerprint density at radius 2 is 2.18 bits per heavy atom. The van der Waals surface area contributed by atoms with E-state index in [1.807, 2.05) is 18.4 Å². The number of amides is 1. The molecule has 1 atom stereocenters. The number of halogens is 1. The van der Waals surface area contributed by atoms with Crippen molar-refractivity contribution in [3.63, 3.8) is 0 Å². The number of carbonyl (C=O) groups is 2. The molecule has 0 aliphatic carbocycles. The van der Waals surface area contributed by atoms with Crippen LogP contribution in [0.25, 0.3) is 10.9 Å². The average molecular weight is 341 g/mol. The van der Waals surface area contributed by atoms with Gasteiger partial charge in [-0.25, -0.2) is 4.79 Å². The van der Waals surface area contributed by atoms with E-state index in [0.717, 1.165) is 10.9 Å². The molecule has 2 N–H and O–H groups in total. The van der Waals surface area contributed by atoms with Gasteiger partial charge in [0.25, 0.3) is 0 Å². The van der Waals surface area contributed by atoms with E-state index in [-0.39, 0.29) is 12.5 Å². The smallest absolute Gasteiger partial charge is 0.326 e. The Hall–Kier alpha value is -1.66. The first-order valence-corrected chi connectivity index (χ1v) is 8.54. The van der Waals surface area contributed by atoms with Crippen molar-refractivity contribution in [2.24, 2.45) is 0 Å². The molecule has 0 unspecified atom stereocenters. The topological polar surface area (TPSA) is 71.3 Å². The number of nitrogens with zero attached hydrogens (tertiary/aromatic N) is 1. The number of carboxylic acids is 1. The molecule has 2 aromatic rings. The number of thioether (sulfide) groups is 1. The molecule has 2 rings (SSSR count). The summed E-state index contributed by atoms with van der Waals surface area (Å²) in [6, 6.07) is 6.49. The van der Waals surface area contributed by atoms with E-state index in [0.29, 0.717) is 17.2 Å². The van der Waals surface area contributed by atoms with Crippen LogP contribution in [0.3, 0.4) is 0 Å².